The van der Waals surface area contributed by atoms with Crippen molar-refractivity contribution >= 4 is 11.6 Å². The van der Waals surface area contributed by atoms with Gasteiger partial charge in [0.15, 0.2) is 0 Å². The average molecular weight is 294 g/mol. The molecule has 2 rings (SSSR count). The molecule has 1 nitrogen and oxygen atoms in total. The van der Waals surface area contributed by atoms with E-state index in [1.54, 1.807) is 0 Å². The zero-order valence-electron chi connectivity index (χ0n) is 13.1. The number of nitrogens with one attached hydrogen (secondary N) is 1. The van der Waals surface area contributed by atoms with E-state index in [1.807, 2.05) is 12.1 Å². The summed E-state index contributed by atoms with van der Waals surface area (Å²) in [6.07, 6.45) is 5.10. The van der Waals surface area contributed by atoms with Crippen molar-refractivity contribution in [2.75, 3.05) is 13.1 Å². The molecule has 1 aromatic carbocycles. The highest BCUT2D eigenvalue weighted by Crippen LogP contribution is 2.49. The van der Waals surface area contributed by atoms with Crippen molar-refractivity contribution in [1.29, 1.82) is 0 Å². The van der Waals surface area contributed by atoms with Crippen LogP contribution in [0.4, 0.5) is 0 Å². The van der Waals surface area contributed by atoms with E-state index < -0.39 is 0 Å². The number of benzene rings is 1. The van der Waals surface area contributed by atoms with Crippen LogP contribution in [-0.2, 0) is 0 Å². The zero-order valence-corrected chi connectivity index (χ0v) is 13.8. The van der Waals surface area contributed by atoms with E-state index in [-0.39, 0.29) is 0 Å². The fourth-order valence-electron chi connectivity index (χ4n) is 3.82. The van der Waals surface area contributed by atoms with E-state index in [1.165, 1.54) is 31.2 Å². The molecule has 1 saturated heterocycles. The Morgan fingerprint density at radius 1 is 1.35 bits per heavy atom. The van der Waals surface area contributed by atoms with E-state index in [4.69, 9.17) is 11.6 Å². The van der Waals surface area contributed by atoms with Gasteiger partial charge < -0.3 is 5.32 Å². The Morgan fingerprint density at radius 3 is 2.75 bits per heavy atom. The van der Waals surface area contributed by atoms with E-state index in [0.717, 1.165) is 24.0 Å². The van der Waals surface area contributed by atoms with Gasteiger partial charge in [-0.3, -0.25) is 0 Å². The third kappa shape index (κ3) is 3.20. The first-order valence-corrected chi connectivity index (χ1v) is 8.46. The highest BCUT2D eigenvalue weighted by Gasteiger charge is 2.41. The molecule has 2 heteroatoms. The molecule has 0 amide bonds. The lowest BCUT2D eigenvalue weighted by atomic mass is 9.62. The lowest BCUT2D eigenvalue weighted by Gasteiger charge is -2.46. The van der Waals surface area contributed by atoms with Crippen molar-refractivity contribution in [2.45, 2.75) is 52.4 Å². The molecular formula is C18H28ClN. The molecular weight excluding hydrogens is 266 g/mol. The topological polar surface area (TPSA) is 12.0 Å². The minimum Gasteiger partial charge on any atom is -0.316 e. The summed E-state index contributed by atoms with van der Waals surface area (Å²) < 4.78 is 0. The standard InChI is InChI=1S/C18H28ClN/c1-4-14(3)12-18(5-2)10-11-20-13-16(18)15-8-6-7-9-17(15)19/h6-9,14,16,20H,4-5,10-13H2,1-3H3. The van der Waals surface area contributed by atoms with Crippen LogP contribution in [0.1, 0.15) is 57.9 Å². The fraction of sp³-hybridized carbons (Fsp3) is 0.667. The van der Waals surface area contributed by atoms with Crippen molar-refractivity contribution < 1.29 is 0 Å². The summed E-state index contributed by atoms with van der Waals surface area (Å²) in [6, 6.07) is 8.42. The molecule has 0 radical (unpaired) electrons. The SMILES string of the molecule is CCC(C)CC1(CC)CCNCC1c1ccccc1Cl. The van der Waals surface area contributed by atoms with E-state index in [9.17, 15) is 0 Å². The van der Waals surface area contributed by atoms with Crippen molar-refractivity contribution in [3.63, 3.8) is 0 Å². The second kappa shape index (κ2) is 6.95. The first kappa shape index (κ1) is 15.9. The second-order valence-corrected chi connectivity index (χ2v) is 6.87. The molecule has 112 valence electrons. The Hall–Kier alpha value is -0.530. The van der Waals surface area contributed by atoms with Crippen LogP contribution in [-0.4, -0.2) is 13.1 Å². The minimum absolute atomic E-state index is 0.408. The van der Waals surface area contributed by atoms with Crippen LogP contribution in [0.2, 0.25) is 5.02 Å². The summed E-state index contributed by atoms with van der Waals surface area (Å²) in [4.78, 5) is 0. The highest BCUT2D eigenvalue weighted by atomic mass is 35.5. The molecule has 1 aliphatic heterocycles. The Bertz CT molecular complexity index is 431. The number of rotatable bonds is 5. The van der Waals surface area contributed by atoms with Crippen molar-refractivity contribution in [3.8, 4) is 0 Å². The lowest BCUT2D eigenvalue weighted by molar-refractivity contribution is 0.116. The van der Waals surface area contributed by atoms with E-state index in [2.05, 4.69) is 38.2 Å². The molecule has 0 bridgehead atoms. The maximum Gasteiger partial charge on any atom is 0.0441 e. The molecule has 0 aromatic heterocycles. The van der Waals surface area contributed by atoms with Gasteiger partial charge in [-0.2, -0.15) is 0 Å². The third-order valence-corrected chi connectivity index (χ3v) is 5.67. The molecule has 0 saturated carbocycles. The molecule has 3 atom stereocenters. The van der Waals surface area contributed by atoms with Crippen molar-refractivity contribution in [1.82, 2.24) is 5.32 Å². The van der Waals surface area contributed by atoms with Gasteiger partial charge in [0.1, 0.15) is 0 Å². The second-order valence-electron chi connectivity index (χ2n) is 6.46. The maximum atomic E-state index is 6.48. The van der Waals surface area contributed by atoms with Gasteiger partial charge in [-0.05, 0) is 48.8 Å². The number of piperidine rings is 1. The van der Waals surface area contributed by atoms with Crippen LogP contribution in [0.3, 0.4) is 0 Å². The van der Waals surface area contributed by atoms with Crippen LogP contribution in [0, 0.1) is 11.3 Å². The Kier molecular flexibility index (Phi) is 5.51. The van der Waals surface area contributed by atoms with Gasteiger partial charge >= 0.3 is 0 Å². The summed E-state index contributed by atoms with van der Waals surface area (Å²) in [7, 11) is 0. The lowest BCUT2D eigenvalue weighted by Crippen LogP contribution is -2.44. The van der Waals surface area contributed by atoms with Gasteiger partial charge in [0, 0.05) is 17.5 Å². The number of halogens is 1. The predicted molar refractivity (Wildman–Crippen MR) is 88.5 cm³/mol. The summed E-state index contributed by atoms with van der Waals surface area (Å²) in [5, 5.41) is 4.52. The fourth-order valence-corrected chi connectivity index (χ4v) is 4.09. The van der Waals surface area contributed by atoms with Gasteiger partial charge in [-0.15, -0.1) is 0 Å². The average Bonchev–Trinajstić information content (AvgIpc) is 2.48. The Morgan fingerprint density at radius 2 is 2.10 bits per heavy atom. The Labute approximate surface area is 129 Å². The first-order chi connectivity index (χ1) is 9.63. The largest absolute Gasteiger partial charge is 0.316 e. The zero-order chi connectivity index (χ0) is 14.6. The van der Waals surface area contributed by atoms with Crippen LogP contribution in [0.5, 0.6) is 0 Å². The van der Waals surface area contributed by atoms with E-state index >= 15 is 0 Å². The van der Waals surface area contributed by atoms with Gasteiger partial charge in [0.25, 0.3) is 0 Å². The Balaban J connectivity index is 2.34. The van der Waals surface area contributed by atoms with Crippen LogP contribution in [0.15, 0.2) is 24.3 Å². The van der Waals surface area contributed by atoms with Crippen LogP contribution < -0.4 is 5.32 Å². The quantitative estimate of drug-likeness (QED) is 0.782. The highest BCUT2D eigenvalue weighted by molar-refractivity contribution is 6.31. The molecule has 1 N–H and O–H groups in total. The van der Waals surface area contributed by atoms with Crippen LogP contribution >= 0.6 is 11.6 Å². The van der Waals surface area contributed by atoms with Crippen LogP contribution in [0.25, 0.3) is 0 Å². The molecule has 20 heavy (non-hydrogen) atoms. The third-order valence-electron chi connectivity index (χ3n) is 5.32. The molecule has 1 fully saturated rings. The van der Waals surface area contributed by atoms with E-state index in [0.29, 0.717) is 11.3 Å². The molecule has 1 aromatic rings. The number of hydrogen-bond donors (Lipinski definition) is 1. The summed E-state index contributed by atoms with van der Waals surface area (Å²) >= 11 is 6.48. The molecule has 0 aliphatic carbocycles. The van der Waals surface area contributed by atoms with Gasteiger partial charge in [0.05, 0.1) is 0 Å². The summed E-state index contributed by atoms with van der Waals surface area (Å²) in [5.41, 5.74) is 1.75. The maximum absolute atomic E-state index is 6.48. The van der Waals surface area contributed by atoms with Crippen molar-refractivity contribution in [2.24, 2.45) is 11.3 Å². The van der Waals surface area contributed by atoms with Gasteiger partial charge in [0.2, 0.25) is 0 Å². The predicted octanol–water partition coefficient (Wildman–Crippen LogP) is 5.25. The van der Waals surface area contributed by atoms with Gasteiger partial charge in [-0.25, -0.2) is 0 Å². The summed E-state index contributed by atoms with van der Waals surface area (Å²) in [5.74, 6) is 1.34. The molecule has 3 unspecified atom stereocenters. The summed E-state index contributed by atoms with van der Waals surface area (Å²) in [6.45, 7) is 9.26. The minimum atomic E-state index is 0.408. The molecule has 1 heterocycles. The normalized spacial score (nSPS) is 28.3. The first-order valence-electron chi connectivity index (χ1n) is 8.08. The number of hydrogen-bond acceptors (Lipinski definition) is 1. The van der Waals surface area contributed by atoms with Crippen molar-refractivity contribution in [3.05, 3.63) is 34.9 Å². The monoisotopic (exact) mass is 293 g/mol. The molecule has 0 spiro atoms. The smallest absolute Gasteiger partial charge is 0.0441 e. The van der Waals surface area contributed by atoms with Gasteiger partial charge in [-0.1, -0.05) is 57.0 Å². The molecule has 1 aliphatic rings.